The van der Waals surface area contributed by atoms with E-state index in [1.807, 2.05) is 17.5 Å². The van der Waals surface area contributed by atoms with Crippen molar-refractivity contribution < 1.29 is 4.52 Å². The molecule has 2 aromatic heterocycles. The number of thiocarbonyl (C=S) groups is 1. The molecule has 1 aliphatic heterocycles. The monoisotopic (exact) mass is 486 g/mol. The lowest BCUT2D eigenvalue weighted by atomic mass is 9.93. The molecular formula is C27H26N4OS2. The van der Waals surface area contributed by atoms with Gasteiger partial charge in [-0.2, -0.15) is 4.98 Å². The molecule has 0 fully saturated rings. The zero-order valence-corrected chi connectivity index (χ0v) is 21.0. The largest absolute Gasteiger partial charge is 0.351 e. The van der Waals surface area contributed by atoms with Crippen LogP contribution in [0.3, 0.4) is 0 Å². The highest BCUT2D eigenvalue weighted by Crippen LogP contribution is 2.38. The summed E-state index contributed by atoms with van der Waals surface area (Å²) in [6.45, 7) is 7.00. The van der Waals surface area contributed by atoms with E-state index in [4.69, 9.17) is 21.7 Å². The Balaban J connectivity index is 1.58. The third kappa shape index (κ3) is 4.41. The first-order chi connectivity index (χ1) is 16.5. The van der Waals surface area contributed by atoms with Gasteiger partial charge in [-0.25, -0.2) is 0 Å². The molecule has 5 rings (SSSR count). The van der Waals surface area contributed by atoms with Crippen LogP contribution in [0.4, 0.5) is 0 Å². The fourth-order valence-electron chi connectivity index (χ4n) is 4.16. The van der Waals surface area contributed by atoms with Gasteiger partial charge >= 0.3 is 0 Å². The van der Waals surface area contributed by atoms with E-state index in [2.05, 4.69) is 84.7 Å². The lowest BCUT2D eigenvalue weighted by Gasteiger charge is -2.37. The predicted molar refractivity (Wildman–Crippen MR) is 141 cm³/mol. The van der Waals surface area contributed by atoms with Crippen LogP contribution in [-0.4, -0.2) is 20.2 Å². The molecule has 0 saturated carbocycles. The minimum absolute atomic E-state index is 0.177. The number of hydrogen-bond donors (Lipinski definition) is 1. The Morgan fingerprint density at radius 1 is 1.03 bits per heavy atom. The zero-order valence-electron chi connectivity index (χ0n) is 19.4. The minimum atomic E-state index is -0.177. The van der Waals surface area contributed by atoms with Gasteiger partial charge in [0.05, 0.1) is 16.5 Å². The number of benzene rings is 2. The summed E-state index contributed by atoms with van der Waals surface area (Å²) in [6, 6.07) is 21.0. The van der Waals surface area contributed by atoms with Gasteiger partial charge in [0.25, 0.3) is 5.89 Å². The van der Waals surface area contributed by atoms with Gasteiger partial charge in [0.15, 0.2) is 5.11 Å². The van der Waals surface area contributed by atoms with E-state index in [0.29, 0.717) is 23.4 Å². The first-order valence-corrected chi connectivity index (χ1v) is 12.6. The number of rotatable bonds is 6. The van der Waals surface area contributed by atoms with Gasteiger partial charge in [-0.15, -0.1) is 11.3 Å². The van der Waals surface area contributed by atoms with Crippen LogP contribution in [0.25, 0.3) is 16.3 Å². The number of aryl methyl sites for hydroxylation is 2. The molecule has 34 heavy (non-hydrogen) atoms. The molecule has 0 bridgehead atoms. The van der Waals surface area contributed by atoms with Crippen molar-refractivity contribution in [2.24, 2.45) is 0 Å². The summed E-state index contributed by atoms with van der Waals surface area (Å²) in [5.41, 5.74) is 6.78. The van der Waals surface area contributed by atoms with Gasteiger partial charge in [-0.3, -0.25) is 0 Å². The van der Waals surface area contributed by atoms with E-state index < -0.39 is 0 Å². The number of allylic oxidation sites excluding steroid dienone is 1. The number of nitrogens with one attached hydrogen (secondary N) is 1. The van der Waals surface area contributed by atoms with Crippen LogP contribution < -0.4 is 5.32 Å². The molecule has 1 atom stereocenters. The molecule has 4 aromatic rings. The fraction of sp³-hybridized carbons (Fsp3) is 0.222. The Hall–Kier alpha value is -3.29. The van der Waals surface area contributed by atoms with Crippen LogP contribution in [0.5, 0.6) is 0 Å². The summed E-state index contributed by atoms with van der Waals surface area (Å²) in [5.74, 6) is 1.11. The number of nitrogens with zero attached hydrogens (tertiary/aromatic N) is 3. The molecule has 0 radical (unpaired) electrons. The molecule has 7 heteroatoms. The van der Waals surface area contributed by atoms with Gasteiger partial charge in [-0.05, 0) is 60.6 Å². The van der Waals surface area contributed by atoms with E-state index in [1.165, 1.54) is 16.7 Å². The minimum Gasteiger partial charge on any atom is -0.351 e. The van der Waals surface area contributed by atoms with E-state index in [1.54, 1.807) is 11.3 Å². The van der Waals surface area contributed by atoms with Crippen molar-refractivity contribution in [1.29, 1.82) is 0 Å². The summed E-state index contributed by atoms with van der Waals surface area (Å²) < 4.78 is 5.82. The highest BCUT2D eigenvalue weighted by atomic mass is 32.1. The number of aromatic nitrogens is 2. The lowest BCUT2D eigenvalue weighted by Crippen LogP contribution is -2.45. The quantitative estimate of drug-likeness (QED) is 0.313. The Morgan fingerprint density at radius 3 is 2.44 bits per heavy atom. The average Bonchev–Trinajstić information content (AvgIpc) is 3.55. The first-order valence-electron chi connectivity index (χ1n) is 11.3. The van der Waals surface area contributed by atoms with Crippen molar-refractivity contribution in [1.82, 2.24) is 20.4 Å². The zero-order chi connectivity index (χ0) is 23.7. The van der Waals surface area contributed by atoms with E-state index in [-0.39, 0.29) is 6.04 Å². The second-order valence-electron chi connectivity index (χ2n) is 8.45. The SMILES string of the molecule is CCc1ccc(C2NC(=S)N(Cc3ccc(C)cc3)C(C)=C2c2nc(-c3cccs3)no2)cc1. The molecule has 1 unspecified atom stereocenters. The maximum absolute atomic E-state index is 5.84. The van der Waals surface area contributed by atoms with Crippen molar-refractivity contribution in [2.75, 3.05) is 0 Å². The summed E-state index contributed by atoms with van der Waals surface area (Å²) in [6.07, 6.45) is 0.997. The molecule has 172 valence electrons. The van der Waals surface area contributed by atoms with Crippen LogP contribution in [0.15, 0.2) is 76.3 Å². The van der Waals surface area contributed by atoms with Crippen LogP contribution >= 0.6 is 23.6 Å². The Bertz CT molecular complexity index is 1320. The van der Waals surface area contributed by atoms with Crippen LogP contribution in [0.2, 0.25) is 0 Å². The molecular weight excluding hydrogens is 460 g/mol. The van der Waals surface area contributed by atoms with Crippen molar-refractivity contribution in [3.8, 4) is 10.7 Å². The summed E-state index contributed by atoms with van der Waals surface area (Å²) in [5, 5.41) is 10.5. The molecule has 0 spiro atoms. The molecule has 3 heterocycles. The molecule has 5 nitrogen and oxygen atoms in total. The van der Waals surface area contributed by atoms with E-state index in [0.717, 1.165) is 28.1 Å². The van der Waals surface area contributed by atoms with Gasteiger partial charge < -0.3 is 14.7 Å². The summed E-state index contributed by atoms with van der Waals surface area (Å²) in [4.78, 5) is 7.87. The second-order valence-corrected chi connectivity index (χ2v) is 9.78. The highest BCUT2D eigenvalue weighted by molar-refractivity contribution is 7.80. The van der Waals surface area contributed by atoms with Crippen molar-refractivity contribution >= 4 is 34.2 Å². The van der Waals surface area contributed by atoms with Crippen molar-refractivity contribution in [3.05, 3.63) is 99.9 Å². The smallest absolute Gasteiger partial charge is 0.258 e. The number of hydrogen-bond acceptors (Lipinski definition) is 5. The maximum Gasteiger partial charge on any atom is 0.258 e. The van der Waals surface area contributed by atoms with Crippen LogP contribution in [0.1, 0.15) is 48.0 Å². The van der Waals surface area contributed by atoms with E-state index >= 15 is 0 Å². The normalized spacial score (nSPS) is 16.1. The van der Waals surface area contributed by atoms with Gasteiger partial charge in [0.2, 0.25) is 5.82 Å². The van der Waals surface area contributed by atoms with E-state index in [9.17, 15) is 0 Å². The molecule has 0 amide bonds. The summed E-state index contributed by atoms with van der Waals surface area (Å²) in [7, 11) is 0. The van der Waals surface area contributed by atoms with Gasteiger partial charge in [0.1, 0.15) is 0 Å². The van der Waals surface area contributed by atoms with Gasteiger partial charge in [-0.1, -0.05) is 72.2 Å². The van der Waals surface area contributed by atoms with Crippen molar-refractivity contribution in [2.45, 2.75) is 39.8 Å². The molecule has 0 aliphatic carbocycles. The maximum atomic E-state index is 5.84. The first kappa shape index (κ1) is 22.5. The molecule has 1 aliphatic rings. The third-order valence-electron chi connectivity index (χ3n) is 6.18. The predicted octanol–water partition coefficient (Wildman–Crippen LogP) is 6.53. The second kappa shape index (κ2) is 9.52. The Labute approximate surface area is 209 Å². The third-order valence-corrected chi connectivity index (χ3v) is 7.38. The summed E-state index contributed by atoms with van der Waals surface area (Å²) >= 11 is 7.44. The van der Waals surface area contributed by atoms with Crippen LogP contribution in [-0.2, 0) is 13.0 Å². The topological polar surface area (TPSA) is 54.2 Å². The molecule has 0 saturated heterocycles. The Kier molecular flexibility index (Phi) is 6.30. The molecule has 2 aromatic carbocycles. The molecule has 1 N–H and O–H groups in total. The highest BCUT2D eigenvalue weighted by Gasteiger charge is 2.34. The number of thiophene rings is 1. The van der Waals surface area contributed by atoms with Crippen molar-refractivity contribution in [3.63, 3.8) is 0 Å². The standard InChI is InChI=1S/C27H26N4OS2/c1-4-19-11-13-21(14-12-19)24-23(26-29-25(30-32-26)22-6-5-15-34-22)18(3)31(27(33)28-24)16-20-9-7-17(2)8-10-20/h5-15,24H,4,16H2,1-3H3,(H,28,33). The average molecular weight is 487 g/mol. The van der Waals surface area contributed by atoms with Gasteiger partial charge in [0, 0.05) is 12.2 Å². The lowest BCUT2D eigenvalue weighted by molar-refractivity contribution is 0.396. The fourth-order valence-corrected chi connectivity index (χ4v) is 5.13. The Morgan fingerprint density at radius 2 is 1.76 bits per heavy atom. The van der Waals surface area contributed by atoms with Crippen LogP contribution in [0, 0.1) is 6.92 Å².